The Morgan fingerprint density at radius 1 is 1.33 bits per heavy atom. The molecule has 2 rings (SSSR count). The molecular formula is C16H21NO4. The molecule has 5 nitrogen and oxygen atoms in total. The van der Waals surface area contributed by atoms with Crippen molar-refractivity contribution < 1.29 is 19.1 Å². The Balaban J connectivity index is 2.28. The summed E-state index contributed by atoms with van der Waals surface area (Å²) in [4.78, 5) is 25.6. The number of hydrogen-bond acceptors (Lipinski definition) is 5. The molecule has 0 spiro atoms. The maximum atomic E-state index is 12.2. The number of esters is 2. The van der Waals surface area contributed by atoms with Crippen molar-refractivity contribution in [2.24, 2.45) is 5.92 Å². The van der Waals surface area contributed by atoms with Crippen LogP contribution in [0, 0.1) is 5.92 Å². The standard InChI is InChI=1S/C16H21NO4/c1-5-14(18)21-11-7-8-13-12(9-11)15(10(3)17(13)4)16(19)20-6-2/h7-9,12-13H,5-6H2,1-4H3/t12-,13-/m1/s1. The van der Waals surface area contributed by atoms with Gasteiger partial charge >= 0.3 is 11.9 Å². The van der Waals surface area contributed by atoms with Gasteiger partial charge in [-0.05, 0) is 26.0 Å². The van der Waals surface area contributed by atoms with Gasteiger partial charge in [-0.3, -0.25) is 4.79 Å². The SMILES string of the molecule is CCOC(=O)C1=C(C)N(C)[C@@H]2C=CC(OC(=O)CC)=C[C@@H]12. The molecule has 2 aliphatic rings. The van der Waals surface area contributed by atoms with Gasteiger partial charge in [-0.2, -0.15) is 0 Å². The van der Waals surface area contributed by atoms with Crippen molar-refractivity contribution in [1.82, 2.24) is 4.90 Å². The molecule has 0 saturated heterocycles. The summed E-state index contributed by atoms with van der Waals surface area (Å²) in [5, 5.41) is 0. The zero-order chi connectivity index (χ0) is 15.6. The first-order chi connectivity index (χ1) is 9.99. The summed E-state index contributed by atoms with van der Waals surface area (Å²) >= 11 is 0. The summed E-state index contributed by atoms with van der Waals surface area (Å²) in [7, 11) is 1.94. The summed E-state index contributed by atoms with van der Waals surface area (Å²) in [6.07, 6.45) is 5.89. The highest BCUT2D eigenvalue weighted by molar-refractivity contribution is 5.91. The van der Waals surface area contributed by atoms with Crippen LogP contribution in [0.2, 0.25) is 0 Å². The summed E-state index contributed by atoms with van der Waals surface area (Å²) in [6, 6.07) is 0.0634. The fourth-order valence-corrected chi connectivity index (χ4v) is 2.69. The molecule has 1 heterocycles. The second-order valence-electron chi connectivity index (χ2n) is 5.10. The molecule has 1 aliphatic heterocycles. The highest BCUT2D eigenvalue weighted by Crippen LogP contribution is 2.38. The minimum absolute atomic E-state index is 0.0634. The van der Waals surface area contributed by atoms with Crippen molar-refractivity contribution >= 4 is 11.9 Å². The Bertz CT molecular complexity index is 544. The molecule has 2 atom stereocenters. The monoisotopic (exact) mass is 291 g/mol. The van der Waals surface area contributed by atoms with Crippen LogP contribution in [-0.4, -0.2) is 36.5 Å². The Kier molecular flexibility index (Phi) is 4.50. The zero-order valence-electron chi connectivity index (χ0n) is 12.9. The van der Waals surface area contributed by atoms with Crippen LogP contribution < -0.4 is 0 Å². The van der Waals surface area contributed by atoms with Gasteiger partial charge in [-0.1, -0.05) is 13.0 Å². The van der Waals surface area contributed by atoms with Crippen molar-refractivity contribution in [2.45, 2.75) is 33.2 Å². The average molecular weight is 291 g/mol. The number of fused-ring (bicyclic) bond motifs is 1. The van der Waals surface area contributed by atoms with Crippen LogP contribution in [0.25, 0.3) is 0 Å². The van der Waals surface area contributed by atoms with E-state index < -0.39 is 0 Å². The normalized spacial score (nSPS) is 23.8. The highest BCUT2D eigenvalue weighted by Gasteiger charge is 2.40. The van der Waals surface area contributed by atoms with Gasteiger partial charge in [0, 0.05) is 25.1 Å². The third-order valence-electron chi connectivity index (χ3n) is 3.88. The van der Waals surface area contributed by atoms with Crippen LogP contribution in [0.5, 0.6) is 0 Å². The molecule has 0 aromatic carbocycles. The topological polar surface area (TPSA) is 55.8 Å². The van der Waals surface area contributed by atoms with Crippen molar-refractivity contribution in [1.29, 1.82) is 0 Å². The van der Waals surface area contributed by atoms with Gasteiger partial charge in [-0.15, -0.1) is 0 Å². The average Bonchev–Trinajstić information content (AvgIpc) is 2.70. The summed E-state index contributed by atoms with van der Waals surface area (Å²) in [5.41, 5.74) is 1.53. The van der Waals surface area contributed by atoms with E-state index in [4.69, 9.17) is 9.47 Å². The van der Waals surface area contributed by atoms with Crippen molar-refractivity contribution in [3.63, 3.8) is 0 Å². The van der Waals surface area contributed by atoms with Gasteiger partial charge in [0.25, 0.3) is 0 Å². The molecule has 0 fully saturated rings. The molecule has 21 heavy (non-hydrogen) atoms. The van der Waals surface area contributed by atoms with Gasteiger partial charge in [0.2, 0.25) is 0 Å². The van der Waals surface area contributed by atoms with E-state index >= 15 is 0 Å². The lowest BCUT2D eigenvalue weighted by atomic mass is 9.90. The molecule has 0 N–H and O–H groups in total. The van der Waals surface area contributed by atoms with Crippen LogP contribution in [-0.2, 0) is 19.1 Å². The number of ether oxygens (including phenoxy) is 2. The number of likely N-dealkylation sites (N-methyl/N-ethyl adjacent to an activating group) is 1. The second kappa shape index (κ2) is 6.16. The fourth-order valence-electron chi connectivity index (χ4n) is 2.69. The second-order valence-corrected chi connectivity index (χ2v) is 5.10. The van der Waals surface area contributed by atoms with E-state index in [0.29, 0.717) is 24.4 Å². The minimum atomic E-state index is -0.304. The summed E-state index contributed by atoms with van der Waals surface area (Å²) < 4.78 is 10.4. The third kappa shape index (κ3) is 2.86. The quantitative estimate of drug-likeness (QED) is 0.743. The van der Waals surface area contributed by atoms with E-state index in [2.05, 4.69) is 0 Å². The Morgan fingerprint density at radius 2 is 2.05 bits per heavy atom. The number of allylic oxidation sites excluding steroid dienone is 2. The maximum Gasteiger partial charge on any atom is 0.336 e. The summed E-state index contributed by atoms with van der Waals surface area (Å²) in [5.74, 6) is -0.233. The first-order valence-electron chi connectivity index (χ1n) is 7.21. The van der Waals surface area contributed by atoms with Gasteiger partial charge in [-0.25, -0.2) is 4.79 Å². The molecule has 5 heteroatoms. The van der Waals surface area contributed by atoms with Gasteiger partial charge < -0.3 is 14.4 Å². The predicted octanol–water partition coefficient (Wildman–Crippen LogP) is 2.16. The highest BCUT2D eigenvalue weighted by atomic mass is 16.5. The zero-order valence-corrected chi connectivity index (χ0v) is 12.9. The number of nitrogens with zero attached hydrogens (tertiary/aromatic N) is 1. The van der Waals surface area contributed by atoms with E-state index in [1.807, 2.05) is 31.0 Å². The first-order valence-corrected chi connectivity index (χ1v) is 7.21. The third-order valence-corrected chi connectivity index (χ3v) is 3.88. The molecule has 0 radical (unpaired) electrons. The molecule has 1 aliphatic carbocycles. The molecule has 0 bridgehead atoms. The van der Waals surface area contributed by atoms with E-state index in [-0.39, 0.29) is 23.9 Å². The van der Waals surface area contributed by atoms with Crippen LogP contribution in [0.3, 0.4) is 0 Å². The maximum absolute atomic E-state index is 12.2. The fraction of sp³-hybridized carbons (Fsp3) is 0.500. The lowest BCUT2D eigenvalue weighted by molar-refractivity contribution is -0.139. The van der Waals surface area contributed by atoms with E-state index in [1.54, 1.807) is 19.9 Å². The van der Waals surface area contributed by atoms with E-state index in [1.165, 1.54) is 0 Å². The molecule has 0 aromatic rings. The largest absolute Gasteiger partial charge is 0.463 e. The summed E-state index contributed by atoms with van der Waals surface area (Å²) in [6.45, 7) is 5.78. The Morgan fingerprint density at radius 3 is 2.67 bits per heavy atom. The van der Waals surface area contributed by atoms with Gasteiger partial charge in [0.15, 0.2) is 0 Å². The molecule has 0 aromatic heterocycles. The van der Waals surface area contributed by atoms with Crippen molar-refractivity contribution in [3.8, 4) is 0 Å². The predicted molar refractivity (Wildman–Crippen MR) is 78.0 cm³/mol. The lowest BCUT2D eigenvalue weighted by Crippen LogP contribution is -2.30. The first kappa shape index (κ1) is 15.4. The molecule has 0 saturated carbocycles. The molecule has 0 unspecified atom stereocenters. The van der Waals surface area contributed by atoms with Crippen molar-refractivity contribution in [2.75, 3.05) is 13.7 Å². The number of carbonyl (C=O) groups is 2. The van der Waals surface area contributed by atoms with Crippen LogP contribution in [0.1, 0.15) is 27.2 Å². The van der Waals surface area contributed by atoms with Crippen LogP contribution in [0.15, 0.2) is 35.3 Å². The van der Waals surface area contributed by atoms with Gasteiger partial charge in [0.1, 0.15) is 5.76 Å². The molecule has 0 amide bonds. The molecule has 114 valence electrons. The van der Waals surface area contributed by atoms with Crippen molar-refractivity contribution in [3.05, 3.63) is 35.3 Å². The Hall–Kier alpha value is -2.04. The number of rotatable bonds is 4. The molecular weight excluding hydrogens is 270 g/mol. The van der Waals surface area contributed by atoms with E-state index in [9.17, 15) is 9.59 Å². The van der Waals surface area contributed by atoms with Gasteiger partial charge in [0.05, 0.1) is 18.2 Å². The van der Waals surface area contributed by atoms with E-state index in [0.717, 1.165) is 5.70 Å². The Labute approximate surface area is 124 Å². The van der Waals surface area contributed by atoms with Crippen LogP contribution >= 0.6 is 0 Å². The smallest absolute Gasteiger partial charge is 0.336 e. The lowest BCUT2D eigenvalue weighted by Gasteiger charge is -2.26. The number of carbonyl (C=O) groups excluding carboxylic acids is 2. The van der Waals surface area contributed by atoms with Crippen LogP contribution in [0.4, 0.5) is 0 Å². The minimum Gasteiger partial charge on any atom is -0.463 e. The number of hydrogen-bond donors (Lipinski definition) is 0.